The third-order valence-electron chi connectivity index (χ3n) is 2.49. The van der Waals surface area contributed by atoms with E-state index in [1.54, 1.807) is 12.1 Å². The average molecular weight is 274 g/mol. The second-order valence-electron chi connectivity index (χ2n) is 3.49. The van der Waals surface area contributed by atoms with E-state index in [9.17, 15) is 13.2 Å². The molecule has 0 amide bonds. The summed E-state index contributed by atoms with van der Waals surface area (Å²) in [6, 6.07) is 6.31. The normalized spacial score (nSPS) is 11.9. The van der Waals surface area contributed by atoms with Crippen molar-refractivity contribution in [3.63, 3.8) is 0 Å². The van der Waals surface area contributed by atoms with Gasteiger partial charge in [0.1, 0.15) is 4.90 Å². The lowest BCUT2D eigenvalue weighted by Gasteiger charge is -1.99. The van der Waals surface area contributed by atoms with Crippen molar-refractivity contribution in [2.45, 2.75) is 11.8 Å². The summed E-state index contributed by atoms with van der Waals surface area (Å²) in [6.07, 6.45) is -1.25. The largest absolute Gasteiger partial charge is 0.464 e. The zero-order valence-corrected chi connectivity index (χ0v) is 10.3. The second-order valence-corrected chi connectivity index (χ2v) is 5.99. The molecule has 0 aliphatic rings. The lowest BCUT2D eigenvalue weighted by Crippen LogP contribution is -2.09. The number of carbonyl (C=O) groups is 1. The molecule has 1 aromatic heterocycles. The number of hydrogen-bond donors (Lipinski definition) is 1. The van der Waals surface area contributed by atoms with Gasteiger partial charge in [0.05, 0.1) is 5.52 Å². The average Bonchev–Trinajstić information content (AvgIpc) is 2.48. The SMILES string of the molecule is Cc1c(S(=O)(=O)Cl)c2ccccc2n1C(=O)O. The number of fused-ring (bicyclic) bond motifs is 1. The minimum Gasteiger partial charge on any atom is -0.464 e. The van der Waals surface area contributed by atoms with Gasteiger partial charge in [-0.3, -0.25) is 0 Å². The van der Waals surface area contributed by atoms with E-state index in [1.807, 2.05) is 0 Å². The van der Waals surface area contributed by atoms with Gasteiger partial charge in [-0.1, -0.05) is 18.2 Å². The topological polar surface area (TPSA) is 76.4 Å². The molecule has 5 nitrogen and oxygen atoms in total. The van der Waals surface area contributed by atoms with Crippen LogP contribution in [-0.4, -0.2) is 24.2 Å². The molecule has 0 unspecified atom stereocenters. The number of hydrogen-bond acceptors (Lipinski definition) is 3. The Kier molecular flexibility index (Phi) is 2.63. The predicted octanol–water partition coefficient (Wildman–Crippen LogP) is 2.40. The van der Waals surface area contributed by atoms with Gasteiger partial charge in [-0.2, -0.15) is 0 Å². The molecule has 1 aromatic carbocycles. The van der Waals surface area contributed by atoms with E-state index in [0.717, 1.165) is 4.57 Å². The third-order valence-corrected chi connectivity index (χ3v) is 3.95. The Morgan fingerprint density at radius 3 is 2.47 bits per heavy atom. The highest BCUT2D eigenvalue weighted by atomic mass is 35.7. The summed E-state index contributed by atoms with van der Waals surface area (Å²) in [4.78, 5) is 10.9. The van der Waals surface area contributed by atoms with Gasteiger partial charge < -0.3 is 5.11 Å². The number of halogens is 1. The minimum absolute atomic E-state index is 0.0914. The molecule has 2 rings (SSSR count). The zero-order chi connectivity index (χ0) is 12.8. The fourth-order valence-corrected chi connectivity index (χ4v) is 3.36. The summed E-state index contributed by atoms with van der Waals surface area (Å²) in [5.74, 6) is 0. The van der Waals surface area contributed by atoms with Crippen LogP contribution < -0.4 is 0 Å². The van der Waals surface area contributed by atoms with E-state index < -0.39 is 15.1 Å². The van der Waals surface area contributed by atoms with Crippen molar-refractivity contribution in [1.29, 1.82) is 0 Å². The molecule has 0 radical (unpaired) electrons. The molecule has 0 fully saturated rings. The molecule has 7 heteroatoms. The quantitative estimate of drug-likeness (QED) is 0.810. The molecule has 0 saturated heterocycles. The van der Waals surface area contributed by atoms with Gasteiger partial charge in [-0.25, -0.2) is 17.8 Å². The summed E-state index contributed by atoms with van der Waals surface area (Å²) in [5, 5.41) is 9.38. The third kappa shape index (κ3) is 1.79. The van der Waals surface area contributed by atoms with Crippen LogP contribution in [0.15, 0.2) is 29.2 Å². The standard InChI is InChI=1S/C10H8ClNO4S/c1-6-9(17(11,15)16)7-4-2-3-5-8(7)12(6)10(13)14/h2-5H,1H3,(H,13,14). The van der Waals surface area contributed by atoms with Crippen molar-refractivity contribution >= 4 is 36.7 Å². The number of para-hydroxylation sites is 1. The van der Waals surface area contributed by atoms with E-state index >= 15 is 0 Å². The molecule has 0 aliphatic heterocycles. The number of benzene rings is 1. The lowest BCUT2D eigenvalue weighted by molar-refractivity contribution is 0.197. The highest BCUT2D eigenvalue weighted by Crippen LogP contribution is 2.31. The molecule has 2 aromatic rings. The van der Waals surface area contributed by atoms with Gasteiger partial charge >= 0.3 is 6.09 Å². The highest BCUT2D eigenvalue weighted by Gasteiger charge is 2.25. The summed E-state index contributed by atoms with van der Waals surface area (Å²) in [5.41, 5.74) is 0.394. The Balaban J connectivity index is 3.05. The van der Waals surface area contributed by atoms with Gasteiger partial charge in [0.15, 0.2) is 0 Å². The monoisotopic (exact) mass is 273 g/mol. The summed E-state index contributed by atoms with van der Waals surface area (Å²) < 4.78 is 23.8. The number of nitrogens with zero attached hydrogens (tertiary/aromatic N) is 1. The Labute approximate surface area is 102 Å². The van der Waals surface area contributed by atoms with Gasteiger partial charge in [0.2, 0.25) is 0 Å². The van der Waals surface area contributed by atoms with Crippen LogP contribution in [0, 0.1) is 6.92 Å². The van der Waals surface area contributed by atoms with Crippen LogP contribution in [-0.2, 0) is 9.05 Å². The lowest BCUT2D eigenvalue weighted by atomic mass is 10.2. The maximum Gasteiger partial charge on any atom is 0.416 e. The fourth-order valence-electron chi connectivity index (χ4n) is 1.89. The highest BCUT2D eigenvalue weighted by molar-refractivity contribution is 8.14. The first-order valence-electron chi connectivity index (χ1n) is 4.62. The smallest absolute Gasteiger partial charge is 0.416 e. The fraction of sp³-hybridized carbons (Fsp3) is 0.100. The van der Waals surface area contributed by atoms with Gasteiger partial charge in [0.25, 0.3) is 9.05 Å². The summed E-state index contributed by atoms with van der Waals surface area (Å²) >= 11 is 0. The Hall–Kier alpha value is -1.53. The maximum atomic E-state index is 11.5. The van der Waals surface area contributed by atoms with Crippen molar-refractivity contribution < 1.29 is 18.3 Å². The van der Waals surface area contributed by atoms with Crippen molar-refractivity contribution in [1.82, 2.24) is 4.57 Å². The Bertz CT molecular complexity index is 717. The van der Waals surface area contributed by atoms with Crippen molar-refractivity contribution in [2.75, 3.05) is 0 Å². The molecule has 0 saturated carbocycles. The van der Waals surface area contributed by atoms with Crippen LogP contribution in [0.2, 0.25) is 0 Å². The van der Waals surface area contributed by atoms with Gasteiger partial charge in [0, 0.05) is 21.8 Å². The van der Waals surface area contributed by atoms with Crippen LogP contribution in [0.4, 0.5) is 4.79 Å². The van der Waals surface area contributed by atoms with Crippen molar-refractivity contribution in [3.05, 3.63) is 30.0 Å². The van der Waals surface area contributed by atoms with E-state index in [1.165, 1.54) is 19.1 Å². The predicted molar refractivity (Wildman–Crippen MR) is 63.1 cm³/mol. The minimum atomic E-state index is -3.98. The molecule has 90 valence electrons. The van der Waals surface area contributed by atoms with Crippen LogP contribution in [0.5, 0.6) is 0 Å². The molecule has 0 atom stereocenters. The number of aromatic nitrogens is 1. The molecule has 0 spiro atoms. The number of carboxylic acid groups (broad SMARTS) is 1. The molecule has 0 aliphatic carbocycles. The van der Waals surface area contributed by atoms with Crippen LogP contribution in [0.25, 0.3) is 10.9 Å². The first-order valence-corrected chi connectivity index (χ1v) is 6.93. The molecular weight excluding hydrogens is 266 g/mol. The van der Waals surface area contributed by atoms with Gasteiger partial charge in [-0.15, -0.1) is 0 Å². The second kappa shape index (κ2) is 3.75. The molecule has 0 bridgehead atoms. The Morgan fingerprint density at radius 1 is 1.35 bits per heavy atom. The van der Waals surface area contributed by atoms with E-state index in [2.05, 4.69) is 0 Å². The van der Waals surface area contributed by atoms with E-state index in [4.69, 9.17) is 15.8 Å². The summed E-state index contributed by atoms with van der Waals surface area (Å²) in [6.45, 7) is 1.41. The first kappa shape index (κ1) is 11.9. The van der Waals surface area contributed by atoms with Crippen LogP contribution >= 0.6 is 10.7 Å². The maximum absolute atomic E-state index is 11.5. The zero-order valence-electron chi connectivity index (χ0n) is 8.71. The molecular formula is C10H8ClNO4S. The van der Waals surface area contributed by atoms with Gasteiger partial charge in [-0.05, 0) is 13.0 Å². The van der Waals surface area contributed by atoms with Crippen molar-refractivity contribution in [2.24, 2.45) is 0 Å². The Morgan fingerprint density at radius 2 is 1.94 bits per heavy atom. The van der Waals surface area contributed by atoms with E-state index in [-0.39, 0.29) is 10.6 Å². The molecule has 1 N–H and O–H groups in total. The molecule has 1 heterocycles. The van der Waals surface area contributed by atoms with Crippen LogP contribution in [0.3, 0.4) is 0 Å². The number of rotatable bonds is 1. The van der Waals surface area contributed by atoms with Crippen molar-refractivity contribution in [3.8, 4) is 0 Å². The summed E-state index contributed by atoms with van der Waals surface area (Å²) in [7, 11) is 1.34. The first-order chi connectivity index (χ1) is 7.84. The van der Waals surface area contributed by atoms with E-state index in [0.29, 0.717) is 10.9 Å². The van der Waals surface area contributed by atoms with Crippen LogP contribution in [0.1, 0.15) is 5.69 Å². The molecule has 17 heavy (non-hydrogen) atoms.